The molecular formula is C9H15NO2. The Kier molecular flexibility index (Phi) is 3.80. The van der Waals surface area contributed by atoms with Gasteiger partial charge >= 0.3 is 0 Å². The molecule has 3 nitrogen and oxygen atoms in total. The second-order valence-electron chi connectivity index (χ2n) is 2.93. The average Bonchev–Trinajstić information content (AvgIpc) is 2.15. The first kappa shape index (κ1) is 9.26. The van der Waals surface area contributed by atoms with Gasteiger partial charge in [0.15, 0.2) is 0 Å². The van der Waals surface area contributed by atoms with Crippen molar-refractivity contribution in [2.24, 2.45) is 0 Å². The first-order valence-corrected chi connectivity index (χ1v) is 4.28. The van der Waals surface area contributed by atoms with Crippen LogP contribution in [0, 0.1) is 0 Å². The average molecular weight is 169 g/mol. The Bertz CT molecular complexity index is 153. The molecule has 0 radical (unpaired) electrons. The summed E-state index contributed by atoms with van der Waals surface area (Å²) in [5.74, 6) is 0. The van der Waals surface area contributed by atoms with Crippen LogP contribution in [0.15, 0.2) is 12.7 Å². The fraction of sp³-hybridized carbons (Fsp3) is 0.667. The van der Waals surface area contributed by atoms with E-state index >= 15 is 0 Å². The Morgan fingerprint density at radius 3 is 2.67 bits per heavy atom. The van der Waals surface area contributed by atoms with Crippen LogP contribution in [0.25, 0.3) is 0 Å². The lowest BCUT2D eigenvalue weighted by Gasteiger charge is -2.30. The van der Waals surface area contributed by atoms with Crippen molar-refractivity contribution < 1.29 is 9.53 Å². The third-order valence-electron chi connectivity index (χ3n) is 2.14. The zero-order valence-corrected chi connectivity index (χ0v) is 7.24. The molecule has 1 rings (SSSR count). The predicted octanol–water partition coefficient (Wildman–Crippen LogP) is 0.810. The number of nitrogens with zero attached hydrogens (tertiary/aromatic N) is 1. The molecule has 0 aliphatic carbocycles. The van der Waals surface area contributed by atoms with Crippen LogP contribution in [0.1, 0.15) is 12.8 Å². The van der Waals surface area contributed by atoms with Crippen LogP contribution in [0.5, 0.6) is 0 Å². The van der Waals surface area contributed by atoms with Gasteiger partial charge in [0.25, 0.3) is 0 Å². The van der Waals surface area contributed by atoms with Crippen molar-refractivity contribution in [3.63, 3.8) is 0 Å². The summed E-state index contributed by atoms with van der Waals surface area (Å²) in [6.45, 7) is 5.80. The Hall–Kier alpha value is -0.830. The largest absolute Gasteiger partial charge is 0.381 e. The van der Waals surface area contributed by atoms with E-state index in [1.54, 1.807) is 11.0 Å². The molecule has 0 aromatic carbocycles. The van der Waals surface area contributed by atoms with E-state index in [9.17, 15) is 4.79 Å². The molecule has 1 heterocycles. The molecule has 0 N–H and O–H groups in total. The summed E-state index contributed by atoms with van der Waals surface area (Å²) in [4.78, 5) is 12.4. The first-order valence-electron chi connectivity index (χ1n) is 4.28. The van der Waals surface area contributed by atoms with Gasteiger partial charge in [0.05, 0.1) is 0 Å². The summed E-state index contributed by atoms with van der Waals surface area (Å²) in [5, 5.41) is 0. The van der Waals surface area contributed by atoms with Crippen molar-refractivity contribution in [1.82, 2.24) is 4.90 Å². The highest BCUT2D eigenvalue weighted by Gasteiger charge is 2.18. The molecule has 1 aliphatic rings. The zero-order chi connectivity index (χ0) is 8.81. The second-order valence-corrected chi connectivity index (χ2v) is 2.93. The highest BCUT2D eigenvalue weighted by molar-refractivity contribution is 5.48. The van der Waals surface area contributed by atoms with Crippen LogP contribution < -0.4 is 0 Å². The van der Waals surface area contributed by atoms with Crippen molar-refractivity contribution in [3.8, 4) is 0 Å². The molecule has 0 atom stereocenters. The maximum Gasteiger partial charge on any atom is 0.210 e. The van der Waals surface area contributed by atoms with Gasteiger partial charge in [0, 0.05) is 25.8 Å². The first-order chi connectivity index (χ1) is 5.88. The molecule has 0 bridgehead atoms. The van der Waals surface area contributed by atoms with Gasteiger partial charge in [-0.25, -0.2) is 0 Å². The Labute approximate surface area is 73.0 Å². The van der Waals surface area contributed by atoms with E-state index in [0.29, 0.717) is 12.6 Å². The molecule has 68 valence electrons. The third-order valence-corrected chi connectivity index (χ3v) is 2.14. The fourth-order valence-corrected chi connectivity index (χ4v) is 1.44. The van der Waals surface area contributed by atoms with Crippen LogP contribution in [-0.4, -0.2) is 37.1 Å². The molecule has 1 aliphatic heterocycles. The normalized spacial score (nSPS) is 18.7. The number of hydrogen-bond acceptors (Lipinski definition) is 2. The minimum absolute atomic E-state index is 0.356. The van der Waals surface area contributed by atoms with Crippen molar-refractivity contribution >= 4 is 6.41 Å². The van der Waals surface area contributed by atoms with Crippen LogP contribution in [0.3, 0.4) is 0 Å². The Morgan fingerprint density at radius 2 is 2.17 bits per heavy atom. The molecule has 0 unspecified atom stereocenters. The number of ether oxygens (including phenoxy) is 1. The van der Waals surface area contributed by atoms with Crippen molar-refractivity contribution in [2.75, 3.05) is 19.8 Å². The van der Waals surface area contributed by atoms with Crippen LogP contribution >= 0.6 is 0 Å². The van der Waals surface area contributed by atoms with Gasteiger partial charge in [-0.3, -0.25) is 4.79 Å². The lowest BCUT2D eigenvalue weighted by molar-refractivity contribution is -0.121. The van der Waals surface area contributed by atoms with E-state index in [1.165, 1.54) is 0 Å². The number of carbonyl (C=O) groups is 1. The Balaban J connectivity index is 2.39. The topological polar surface area (TPSA) is 29.5 Å². The van der Waals surface area contributed by atoms with Gasteiger partial charge in [-0.2, -0.15) is 0 Å². The number of amides is 1. The van der Waals surface area contributed by atoms with E-state index in [2.05, 4.69) is 6.58 Å². The minimum atomic E-state index is 0.356. The standard InChI is InChI=1S/C9H15NO2/c1-2-5-10(8-11)9-3-6-12-7-4-9/h2,8-9H,1,3-7H2. The summed E-state index contributed by atoms with van der Waals surface area (Å²) in [6.07, 6.45) is 4.56. The molecule has 3 heteroatoms. The number of carbonyl (C=O) groups excluding carboxylic acids is 1. The van der Waals surface area contributed by atoms with Crippen LogP contribution in [0.4, 0.5) is 0 Å². The lowest BCUT2D eigenvalue weighted by Crippen LogP contribution is -2.38. The SMILES string of the molecule is C=CCN(C=O)C1CCOCC1. The van der Waals surface area contributed by atoms with Crippen molar-refractivity contribution in [2.45, 2.75) is 18.9 Å². The molecule has 1 fully saturated rings. The number of rotatable bonds is 4. The second kappa shape index (κ2) is 4.93. The molecule has 0 aromatic heterocycles. The number of hydrogen-bond donors (Lipinski definition) is 0. The van der Waals surface area contributed by atoms with E-state index < -0.39 is 0 Å². The smallest absolute Gasteiger partial charge is 0.210 e. The van der Waals surface area contributed by atoms with E-state index in [0.717, 1.165) is 32.5 Å². The quantitative estimate of drug-likeness (QED) is 0.460. The van der Waals surface area contributed by atoms with Gasteiger partial charge in [-0.05, 0) is 12.8 Å². The molecular weight excluding hydrogens is 154 g/mol. The maximum absolute atomic E-state index is 10.6. The highest BCUT2D eigenvalue weighted by Crippen LogP contribution is 2.12. The van der Waals surface area contributed by atoms with Crippen molar-refractivity contribution in [1.29, 1.82) is 0 Å². The van der Waals surface area contributed by atoms with E-state index in [-0.39, 0.29) is 0 Å². The summed E-state index contributed by atoms with van der Waals surface area (Å²) in [6, 6.07) is 0.356. The molecule has 1 amide bonds. The fourth-order valence-electron chi connectivity index (χ4n) is 1.44. The van der Waals surface area contributed by atoms with Gasteiger partial charge in [-0.1, -0.05) is 6.08 Å². The molecule has 1 saturated heterocycles. The van der Waals surface area contributed by atoms with Crippen LogP contribution in [-0.2, 0) is 9.53 Å². The predicted molar refractivity (Wildman–Crippen MR) is 46.8 cm³/mol. The molecule has 0 aromatic rings. The summed E-state index contributed by atoms with van der Waals surface area (Å²) >= 11 is 0. The summed E-state index contributed by atoms with van der Waals surface area (Å²) in [5.41, 5.74) is 0. The van der Waals surface area contributed by atoms with Crippen LogP contribution in [0.2, 0.25) is 0 Å². The summed E-state index contributed by atoms with van der Waals surface area (Å²) in [7, 11) is 0. The van der Waals surface area contributed by atoms with Gasteiger partial charge in [-0.15, -0.1) is 6.58 Å². The lowest BCUT2D eigenvalue weighted by atomic mass is 10.1. The van der Waals surface area contributed by atoms with Gasteiger partial charge in [0.1, 0.15) is 0 Å². The van der Waals surface area contributed by atoms with E-state index in [1.807, 2.05) is 0 Å². The van der Waals surface area contributed by atoms with Gasteiger partial charge in [0.2, 0.25) is 6.41 Å². The zero-order valence-electron chi connectivity index (χ0n) is 7.24. The van der Waals surface area contributed by atoms with E-state index in [4.69, 9.17) is 4.74 Å². The minimum Gasteiger partial charge on any atom is -0.381 e. The molecule has 0 spiro atoms. The third kappa shape index (κ3) is 2.34. The molecule has 12 heavy (non-hydrogen) atoms. The highest BCUT2D eigenvalue weighted by atomic mass is 16.5. The summed E-state index contributed by atoms with van der Waals surface area (Å²) < 4.78 is 5.20. The monoisotopic (exact) mass is 169 g/mol. The van der Waals surface area contributed by atoms with Crippen molar-refractivity contribution in [3.05, 3.63) is 12.7 Å². The Morgan fingerprint density at radius 1 is 1.50 bits per heavy atom. The van der Waals surface area contributed by atoms with Gasteiger partial charge < -0.3 is 9.64 Å². The molecule has 0 saturated carbocycles. The maximum atomic E-state index is 10.6.